The van der Waals surface area contributed by atoms with Crippen LogP contribution in [0.5, 0.6) is 0 Å². The first-order valence-corrected chi connectivity index (χ1v) is 6.11. The third-order valence-electron chi connectivity index (χ3n) is 2.60. The third kappa shape index (κ3) is 2.54. The van der Waals surface area contributed by atoms with Crippen LogP contribution in [0.4, 0.5) is 0 Å². The molecule has 1 atom stereocenters. The van der Waals surface area contributed by atoms with Crippen LogP contribution in [0.25, 0.3) is 0 Å². The summed E-state index contributed by atoms with van der Waals surface area (Å²) in [5.74, 6) is 1.02. The van der Waals surface area contributed by atoms with E-state index < -0.39 is 6.04 Å². The highest BCUT2D eigenvalue weighted by atomic mass is 35.5. The predicted octanol–water partition coefficient (Wildman–Crippen LogP) is 3.07. The summed E-state index contributed by atoms with van der Waals surface area (Å²) in [6.07, 6.45) is 0. The first-order valence-electron chi connectivity index (χ1n) is 5.73. The average Bonchev–Trinajstić information content (AvgIpc) is 2.77. The van der Waals surface area contributed by atoms with Crippen molar-refractivity contribution in [3.05, 3.63) is 46.6 Å². The molecule has 0 amide bonds. The van der Waals surface area contributed by atoms with E-state index in [-0.39, 0.29) is 5.41 Å². The van der Waals surface area contributed by atoms with Gasteiger partial charge in [0.1, 0.15) is 0 Å². The van der Waals surface area contributed by atoms with Gasteiger partial charge in [0.15, 0.2) is 5.82 Å². The zero-order valence-corrected chi connectivity index (χ0v) is 11.4. The molecule has 0 aliphatic heterocycles. The second kappa shape index (κ2) is 4.71. The van der Waals surface area contributed by atoms with Crippen molar-refractivity contribution in [1.29, 1.82) is 0 Å². The van der Waals surface area contributed by atoms with Crippen LogP contribution >= 0.6 is 11.6 Å². The minimum Gasteiger partial charge on any atom is -0.339 e. The second-order valence-corrected chi connectivity index (χ2v) is 5.61. The van der Waals surface area contributed by atoms with E-state index in [1.807, 2.05) is 39.0 Å². The van der Waals surface area contributed by atoms with Gasteiger partial charge in [-0.25, -0.2) is 0 Å². The van der Waals surface area contributed by atoms with Crippen LogP contribution < -0.4 is 5.73 Å². The molecule has 2 N–H and O–H groups in total. The highest BCUT2D eigenvalue weighted by Gasteiger charge is 2.24. The lowest BCUT2D eigenvalue weighted by Crippen LogP contribution is -2.16. The molecule has 0 radical (unpaired) electrons. The number of nitrogens with zero attached hydrogens (tertiary/aromatic N) is 2. The minimum atomic E-state index is -0.474. The van der Waals surface area contributed by atoms with Crippen LogP contribution in [0.15, 0.2) is 28.8 Å². The van der Waals surface area contributed by atoms with E-state index in [2.05, 4.69) is 10.1 Å². The Morgan fingerprint density at radius 3 is 2.50 bits per heavy atom. The van der Waals surface area contributed by atoms with E-state index in [0.717, 1.165) is 5.56 Å². The molecule has 0 bridgehead atoms. The SMILES string of the molecule is CC(C)(C)c1nc(C(N)c2ccccc2Cl)no1. The van der Waals surface area contributed by atoms with E-state index in [0.29, 0.717) is 16.7 Å². The number of aromatic nitrogens is 2. The lowest BCUT2D eigenvalue weighted by Gasteiger charge is -2.11. The van der Waals surface area contributed by atoms with Crippen LogP contribution in [0.1, 0.15) is 44.1 Å². The van der Waals surface area contributed by atoms with E-state index >= 15 is 0 Å². The van der Waals surface area contributed by atoms with Gasteiger partial charge in [-0.2, -0.15) is 4.98 Å². The predicted molar refractivity (Wildman–Crippen MR) is 70.5 cm³/mol. The van der Waals surface area contributed by atoms with Gasteiger partial charge >= 0.3 is 0 Å². The van der Waals surface area contributed by atoms with Crippen molar-refractivity contribution in [3.8, 4) is 0 Å². The number of nitrogens with two attached hydrogens (primary N) is 1. The fourth-order valence-corrected chi connectivity index (χ4v) is 1.79. The van der Waals surface area contributed by atoms with Gasteiger partial charge in [0.2, 0.25) is 5.89 Å². The first kappa shape index (κ1) is 13.1. The molecule has 0 aliphatic carbocycles. The third-order valence-corrected chi connectivity index (χ3v) is 2.95. The maximum atomic E-state index is 6.10. The number of benzene rings is 1. The van der Waals surface area contributed by atoms with Crippen molar-refractivity contribution in [2.45, 2.75) is 32.2 Å². The van der Waals surface area contributed by atoms with E-state index in [4.69, 9.17) is 21.9 Å². The maximum absolute atomic E-state index is 6.10. The Hall–Kier alpha value is -1.39. The lowest BCUT2D eigenvalue weighted by atomic mass is 9.97. The Balaban J connectivity index is 2.33. The van der Waals surface area contributed by atoms with Gasteiger partial charge in [-0.1, -0.05) is 55.7 Å². The summed E-state index contributed by atoms with van der Waals surface area (Å²) in [4.78, 5) is 4.34. The summed E-state index contributed by atoms with van der Waals surface area (Å²) in [7, 11) is 0. The molecule has 5 heteroatoms. The molecule has 0 saturated heterocycles. The molecule has 0 saturated carbocycles. The normalized spacial score (nSPS) is 13.6. The molecule has 0 spiro atoms. The van der Waals surface area contributed by atoms with Crippen molar-refractivity contribution in [2.24, 2.45) is 5.73 Å². The largest absolute Gasteiger partial charge is 0.339 e. The van der Waals surface area contributed by atoms with Crippen molar-refractivity contribution < 1.29 is 4.52 Å². The highest BCUT2D eigenvalue weighted by Crippen LogP contribution is 2.26. The Kier molecular flexibility index (Phi) is 3.41. The van der Waals surface area contributed by atoms with Gasteiger partial charge in [0.25, 0.3) is 0 Å². The van der Waals surface area contributed by atoms with Gasteiger partial charge < -0.3 is 10.3 Å². The molecule has 1 heterocycles. The lowest BCUT2D eigenvalue weighted by molar-refractivity contribution is 0.317. The molecule has 1 aromatic carbocycles. The Morgan fingerprint density at radius 1 is 1.28 bits per heavy atom. The van der Waals surface area contributed by atoms with Gasteiger partial charge in [-0.05, 0) is 11.6 Å². The van der Waals surface area contributed by atoms with Gasteiger partial charge in [-0.3, -0.25) is 0 Å². The fraction of sp³-hybridized carbons (Fsp3) is 0.385. The van der Waals surface area contributed by atoms with Crippen molar-refractivity contribution in [3.63, 3.8) is 0 Å². The van der Waals surface area contributed by atoms with Crippen LogP contribution in [-0.4, -0.2) is 10.1 Å². The molecule has 1 unspecified atom stereocenters. The standard InChI is InChI=1S/C13H16ClN3O/c1-13(2,3)12-16-11(17-18-12)10(15)8-6-4-5-7-9(8)14/h4-7,10H,15H2,1-3H3. The number of halogens is 1. The van der Waals surface area contributed by atoms with Gasteiger partial charge in [0.05, 0.1) is 6.04 Å². The average molecular weight is 266 g/mol. The molecule has 18 heavy (non-hydrogen) atoms. The number of hydrogen-bond donors (Lipinski definition) is 1. The molecular weight excluding hydrogens is 250 g/mol. The number of hydrogen-bond acceptors (Lipinski definition) is 4. The van der Waals surface area contributed by atoms with Crippen LogP contribution in [0.2, 0.25) is 5.02 Å². The number of rotatable bonds is 2. The summed E-state index contributed by atoms with van der Waals surface area (Å²) in [5.41, 5.74) is 6.71. The zero-order chi connectivity index (χ0) is 13.3. The van der Waals surface area contributed by atoms with E-state index in [1.165, 1.54) is 0 Å². The fourth-order valence-electron chi connectivity index (χ4n) is 1.53. The van der Waals surface area contributed by atoms with Crippen molar-refractivity contribution in [2.75, 3.05) is 0 Å². The van der Waals surface area contributed by atoms with Crippen LogP contribution in [-0.2, 0) is 5.41 Å². The Bertz CT molecular complexity index is 545. The quantitative estimate of drug-likeness (QED) is 0.906. The summed E-state index contributed by atoms with van der Waals surface area (Å²) in [6, 6.07) is 6.92. The summed E-state index contributed by atoms with van der Waals surface area (Å²) in [6.45, 7) is 6.02. The molecule has 4 nitrogen and oxygen atoms in total. The molecule has 96 valence electrons. The summed E-state index contributed by atoms with van der Waals surface area (Å²) < 4.78 is 5.23. The monoisotopic (exact) mass is 265 g/mol. The molecule has 2 aromatic rings. The Morgan fingerprint density at radius 2 is 1.94 bits per heavy atom. The van der Waals surface area contributed by atoms with Gasteiger partial charge in [-0.15, -0.1) is 0 Å². The summed E-state index contributed by atoms with van der Waals surface area (Å²) in [5, 5.41) is 4.53. The van der Waals surface area contributed by atoms with Crippen LogP contribution in [0, 0.1) is 0 Å². The van der Waals surface area contributed by atoms with Crippen molar-refractivity contribution in [1.82, 2.24) is 10.1 Å². The van der Waals surface area contributed by atoms with E-state index in [9.17, 15) is 0 Å². The molecule has 1 aromatic heterocycles. The van der Waals surface area contributed by atoms with Gasteiger partial charge in [0, 0.05) is 10.4 Å². The van der Waals surface area contributed by atoms with Crippen molar-refractivity contribution >= 4 is 11.6 Å². The highest BCUT2D eigenvalue weighted by molar-refractivity contribution is 6.31. The topological polar surface area (TPSA) is 64.9 Å². The molecule has 0 fully saturated rings. The molecule has 0 aliphatic rings. The molecular formula is C13H16ClN3O. The Labute approximate surface area is 111 Å². The molecule has 2 rings (SSSR count). The van der Waals surface area contributed by atoms with Crippen LogP contribution in [0.3, 0.4) is 0 Å². The minimum absolute atomic E-state index is 0.189. The smallest absolute Gasteiger partial charge is 0.232 e. The maximum Gasteiger partial charge on any atom is 0.232 e. The first-order chi connectivity index (χ1) is 8.39. The zero-order valence-electron chi connectivity index (χ0n) is 10.6. The second-order valence-electron chi connectivity index (χ2n) is 5.21. The summed E-state index contributed by atoms with van der Waals surface area (Å²) >= 11 is 6.10. The van der Waals surface area contributed by atoms with E-state index in [1.54, 1.807) is 6.07 Å².